The molecular weight excluding hydrogens is 410 g/mol. The molecule has 0 N–H and O–H groups in total. The maximum absolute atomic E-state index is 12.3. The molecule has 174 valence electrons. The van der Waals surface area contributed by atoms with E-state index in [9.17, 15) is 10.1 Å². The highest BCUT2D eigenvalue weighted by Crippen LogP contribution is 2.41. The SMILES string of the molecule is CC(C)(C)OC(=O)N1CCN(Cc2cccc(-c3ccc(C4(C#N)CCCC4)cc3)c2)CC1. The third-order valence-corrected chi connectivity index (χ3v) is 6.80. The Kier molecular flexibility index (Phi) is 6.76. The van der Waals surface area contributed by atoms with Crippen molar-refractivity contribution < 1.29 is 9.53 Å². The van der Waals surface area contributed by atoms with E-state index in [1.807, 2.05) is 20.8 Å². The Morgan fingerprint density at radius 2 is 1.67 bits per heavy atom. The van der Waals surface area contributed by atoms with E-state index in [4.69, 9.17) is 4.74 Å². The van der Waals surface area contributed by atoms with E-state index in [1.54, 1.807) is 4.90 Å². The first-order chi connectivity index (χ1) is 15.8. The van der Waals surface area contributed by atoms with Gasteiger partial charge in [0.05, 0.1) is 11.5 Å². The van der Waals surface area contributed by atoms with Crippen LogP contribution in [0.5, 0.6) is 0 Å². The number of hydrogen-bond donors (Lipinski definition) is 0. The van der Waals surface area contributed by atoms with Crippen molar-refractivity contribution in [3.8, 4) is 17.2 Å². The minimum absolute atomic E-state index is 0.219. The molecule has 1 aliphatic carbocycles. The number of carbonyl (C=O) groups excluding carboxylic acids is 1. The second kappa shape index (κ2) is 9.57. The van der Waals surface area contributed by atoms with E-state index < -0.39 is 5.60 Å². The Labute approximate surface area is 198 Å². The van der Waals surface area contributed by atoms with Gasteiger partial charge in [-0.05, 0) is 61.9 Å². The lowest BCUT2D eigenvalue weighted by molar-refractivity contribution is 0.0139. The average molecular weight is 446 g/mol. The highest BCUT2D eigenvalue weighted by molar-refractivity contribution is 5.68. The fraction of sp³-hybridized carbons (Fsp3) is 0.500. The summed E-state index contributed by atoms with van der Waals surface area (Å²) >= 11 is 0. The van der Waals surface area contributed by atoms with Crippen LogP contribution in [0.3, 0.4) is 0 Å². The molecule has 0 unspecified atom stereocenters. The van der Waals surface area contributed by atoms with Crippen LogP contribution in [0.2, 0.25) is 0 Å². The largest absolute Gasteiger partial charge is 0.444 e. The smallest absolute Gasteiger partial charge is 0.410 e. The second-order valence-corrected chi connectivity index (χ2v) is 10.4. The third kappa shape index (κ3) is 5.57. The van der Waals surface area contributed by atoms with Gasteiger partial charge in [0.1, 0.15) is 5.60 Å². The van der Waals surface area contributed by atoms with Gasteiger partial charge in [0.15, 0.2) is 0 Å². The first kappa shape index (κ1) is 23.3. The number of hydrogen-bond acceptors (Lipinski definition) is 4. The molecule has 0 aromatic heterocycles. The number of nitrogens with zero attached hydrogens (tertiary/aromatic N) is 3. The number of amides is 1. The summed E-state index contributed by atoms with van der Waals surface area (Å²) in [6.07, 6.45) is 4.01. The van der Waals surface area contributed by atoms with Crippen LogP contribution in [0.1, 0.15) is 57.6 Å². The molecule has 2 fully saturated rings. The third-order valence-electron chi connectivity index (χ3n) is 6.80. The molecule has 1 heterocycles. The Balaban J connectivity index is 1.37. The standard InChI is InChI=1S/C28H35N3O2/c1-27(2,3)33-26(32)31-17-15-30(16-18-31)20-22-7-6-8-24(19-22)23-9-11-25(12-10-23)28(21-29)13-4-5-14-28/h6-12,19H,4-5,13-18,20H2,1-3H3. The molecule has 1 aliphatic heterocycles. The molecule has 2 aromatic rings. The van der Waals surface area contributed by atoms with Crippen molar-refractivity contribution in [3.05, 3.63) is 59.7 Å². The van der Waals surface area contributed by atoms with E-state index in [2.05, 4.69) is 59.5 Å². The predicted octanol–water partition coefficient (Wildman–Crippen LogP) is 5.74. The Bertz CT molecular complexity index is 1000. The van der Waals surface area contributed by atoms with Crippen molar-refractivity contribution in [1.82, 2.24) is 9.80 Å². The molecule has 5 nitrogen and oxygen atoms in total. The van der Waals surface area contributed by atoms with Crippen LogP contribution in [0, 0.1) is 11.3 Å². The molecular formula is C28H35N3O2. The number of piperazine rings is 1. The van der Waals surface area contributed by atoms with Gasteiger partial charge in [-0.25, -0.2) is 4.79 Å². The van der Waals surface area contributed by atoms with Gasteiger partial charge in [-0.15, -0.1) is 0 Å². The van der Waals surface area contributed by atoms with Gasteiger partial charge in [-0.2, -0.15) is 5.26 Å². The summed E-state index contributed by atoms with van der Waals surface area (Å²) in [4.78, 5) is 16.5. The molecule has 5 heteroatoms. The van der Waals surface area contributed by atoms with Crippen molar-refractivity contribution in [1.29, 1.82) is 5.26 Å². The van der Waals surface area contributed by atoms with Gasteiger partial charge in [-0.3, -0.25) is 4.90 Å². The van der Waals surface area contributed by atoms with Crippen molar-refractivity contribution in [2.24, 2.45) is 0 Å². The maximum atomic E-state index is 12.3. The van der Waals surface area contributed by atoms with Gasteiger partial charge in [0.25, 0.3) is 0 Å². The zero-order valence-corrected chi connectivity index (χ0v) is 20.1. The molecule has 1 saturated carbocycles. The first-order valence-corrected chi connectivity index (χ1v) is 12.1. The van der Waals surface area contributed by atoms with Crippen molar-refractivity contribution in [2.45, 2.75) is 64.0 Å². The second-order valence-electron chi connectivity index (χ2n) is 10.4. The van der Waals surface area contributed by atoms with E-state index in [1.165, 1.54) is 16.7 Å². The summed E-state index contributed by atoms with van der Waals surface area (Å²) in [6.45, 7) is 9.63. The molecule has 1 saturated heterocycles. The minimum atomic E-state index is -0.459. The van der Waals surface area contributed by atoms with Crippen LogP contribution in [0.15, 0.2) is 48.5 Å². The minimum Gasteiger partial charge on any atom is -0.444 e. The van der Waals surface area contributed by atoms with Crippen LogP contribution in [0.4, 0.5) is 4.79 Å². The van der Waals surface area contributed by atoms with E-state index in [0.29, 0.717) is 13.1 Å². The molecule has 0 atom stereocenters. The monoisotopic (exact) mass is 445 g/mol. The number of rotatable bonds is 4. The Hall–Kier alpha value is -2.84. The molecule has 2 aliphatic rings. The fourth-order valence-corrected chi connectivity index (χ4v) is 4.95. The summed E-state index contributed by atoms with van der Waals surface area (Å²) in [5, 5.41) is 9.76. The summed E-state index contributed by atoms with van der Waals surface area (Å²) in [7, 11) is 0. The van der Waals surface area contributed by atoms with Crippen LogP contribution >= 0.6 is 0 Å². The highest BCUT2D eigenvalue weighted by Gasteiger charge is 2.35. The Morgan fingerprint density at radius 1 is 1.00 bits per heavy atom. The topological polar surface area (TPSA) is 56.6 Å². The normalized spacial score (nSPS) is 18.7. The molecule has 4 rings (SSSR count). The van der Waals surface area contributed by atoms with E-state index >= 15 is 0 Å². The van der Waals surface area contributed by atoms with Crippen molar-refractivity contribution in [2.75, 3.05) is 26.2 Å². The van der Waals surface area contributed by atoms with Crippen molar-refractivity contribution >= 4 is 6.09 Å². The van der Waals surface area contributed by atoms with Gasteiger partial charge in [-0.1, -0.05) is 55.3 Å². The van der Waals surface area contributed by atoms with Gasteiger partial charge in [0, 0.05) is 32.7 Å². The zero-order chi connectivity index (χ0) is 23.5. The summed E-state index contributed by atoms with van der Waals surface area (Å²) < 4.78 is 5.50. The number of benzene rings is 2. The first-order valence-electron chi connectivity index (χ1n) is 12.1. The molecule has 0 bridgehead atoms. The lowest BCUT2D eigenvalue weighted by atomic mass is 9.80. The summed E-state index contributed by atoms with van der Waals surface area (Å²) in [5.41, 5.74) is 4.06. The van der Waals surface area contributed by atoms with Gasteiger partial charge >= 0.3 is 6.09 Å². The van der Waals surface area contributed by atoms with Crippen LogP contribution in [0.25, 0.3) is 11.1 Å². The van der Waals surface area contributed by atoms with Crippen LogP contribution in [-0.2, 0) is 16.7 Å². The molecule has 0 spiro atoms. The number of carbonyl (C=O) groups is 1. The van der Waals surface area contributed by atoms with E-state index in [0.717, 1.165) is 50.9 Å². The Morgan fingerprint density at radius 3 is 2.27 bits per heavy atom. The van der Waals surface area contributed by atoms with E-state index in [-0.39, 0.29) is 11.5 Å². The van der Waals surface area contributed by atoms with Crippen LogP contribution < -0.4 is 0 Å². The average Bonchev–Trinajstić information content (AvgIpc) is 3.29. The van der Waals surface area contributed by atoms with Crippen LogP contribution in [-0.4, -0.2) is 47.7 Å². The molecule has 2 aromatic carbocycles. The maximum Gasteiger partial charge on any atom is 0.410 e. The lowest BCUT2D eigenvalue weighted by Crippen LogP contribution is -2.49. The molecule has 33 heavy (non-hydrogen) atoms. The number of ether oxygens (including phenoxy) is 1. The molecule has 1 amide bonds. The van der Waals surface area contributed by atoms with Crippen molar-refractivity contribution in [3.63, 3.8) is 0 Å². The predicted molar refractivity (Wildman–Crippen MR) is 131 cm³/mol. The zero-order valence-electron chi connectivity index (χ0n) is 20.1. The molecule has 0 radical (unpaired) electrons. The quantitative estimate of drug-likeness (QED) is 0.602. The number of nitriles is 1. The van der Waals surface area contributed by atoms with Gasteiger partial charge < -0.3 is 9.64 Å². The summed E-state index contributed by atoms with van der Waals surface area (Å²) in [5.74, 6) is 0. The fourth-order valence-electron chi connectivity index (χ4n) is 4.95. The highest BCUT2D eigenvalue weighted by atomic mass is 16.6. The lowest BCUT2D eigenvalue weighted by Gasteiger charge is -2.35. The van der Waals surface area contributed by atoms with Gasteiger partial charge in [0.2, 0.25) is 0 Å². The summed E-state index contributed by atoms with van der Waals surface area (Å²) in [6, 6.07) is 19.9.